The van der Waals surface area contributed by atoms with Crippen molar-refractivity contribution in [1.82, 2.24) is 5.32 Å². The number of carbonyl (C=O) groups excluding carboxylic acids is 1. The number of halogens is 2. The summed E-state index contributed by atoms with van der Waals surface area (Å²) < 4.78 is 27.1. The van der Waals surface area contributed by atoms with Crippen LogP contribution in [0.25, 0.3) is 0 Å². The Morgan fingerprint density at radius 2 is 1.83 bits per heavy atom. The Morgan fingerprint density at radius 3 is 2.52 bits per heavy atom. The molecule has 0 spiro atoms. The van der Waals surface area contributed by atoms with Gasteiger partial charge >= 0.3 is 0 Å². The number of carbonyl (C=O) groups is 1. The zero-order valence-electron chi connectivity index (χ0n) is 15.7. The molecule has 0 aliphatic carbocycles. The highest BCUT2D eigenvalue weighted by Crippen LogP contribution is 2.27. The number of nitrogens with zero attached hydrogens (tertiary/aromatic N) is 1. The van der Waals surface area contributed by atoms with Crippen molar-refractivity contribution in [2.45, 2.75) is 23.6 Å². The lowest BCUT2D eigenvalue weighted by atomic mass is 10.1. The van der Waals surface area contributed by atoms with Gasteiger partial charge in [-0.25, -0.2) is 8.78 Å². The minimum absolute atomic E-state index is 0.225. The molecule has 0 aliphatic rings. The summed E-state index contributed by atoms with van der Waals surface area (Å²) in [5.74, 6) is -1.04. The normalized spacial score (nSPS) is 11.5. The van der Waals surface area contributed by atoms with Crippen LogP contribution in [0.5, 0.6) is 0 Å². The molecule has 0 bridgehead atoms. The number of benzene rings is 3. The summed E-state index contributed by atoms with van der Waals surface area (Å²) in [5, 5.41) is 11.7. The molecule has 0 saturated carbocycles. The fourth-order valence-electron chi connectivity index (χ4n) is 2.82. The second kappa shape index (κ2) is 9.35. The van der Waals surface area contributed by atoms with Crippen molar-refractivity contribution in [3.63, 3.8) is 0 Å². The maximum atomic E-state index is 14.0. The van der Waals surface area contributed by atoms with Crippen molar-refractivity contribution >= 4 is 17.7 Å². The van der Waals surface area contributed by atoms with Crippen LogP contribution in [-0.4, -0.2) is 5.91 Å². The Bertz CT molecular complexity index is 1060. The number of rotatable bonds is 6. The molecule has 1 N–H and O–H groups in total. The van der Waals surface area contributed by atoms with Crippen molar-refractivity contribution in [3.8, 4) is 6.07 Å². The quantitative estimate of drug-likeness (QED) is 0.539. The average Bonchev–Trinajstić information content (AvgIpc) is 2.72. The number of nitriles is 1. The molecule has 0 unspecified atom stereocenters. The smallest absolute Gasteiger partial charge is 0.252 e. The van der Waals surface area contributed by atoms with E-state index in [0.717, 1.165) is 16.5 Å². The highest BCUT2D eigenvalue weighted by atomic mass is 32.2. The summed E-state index contributed by atoms with van der Waals surface area (Å²) in [7, 11) is 0. The third-order valence-electron chi connectivity index (χ3n) is 4.39. The third-order valence-corrected chi connectivity index (χ3v) is 5.53. The molecule has 29 heavy (non-hydrogen) atoms. The molecule has 0 aliphatic heterocycles. The summed E-state index contributed by atoms with van der Waals surface area (Å²) in [4.78, 5) is 13.6. The van der Waals surface area contributed by atoms with Gasteiger partial charge in [-0.1, -0.05) is 30.3 Å². The molecule has 1 amide bonds. The molecule has 3 aromatic rings. The van der Waals surface area contributed by atoms with E-state index in [2.05, 4.69) is 11.4 Å². The van der Waals surface area contributed by atoms with Gasteiger partial charge in [0, 0.05) is 22.3 Å². The second-order valence-corrected chi connectivity index (χ2v) is 7.47. The van der Waals surface area contributed by atoms with Gasteiger partial charge in [0.05, 0.1) is 23.2 Å². The molecule has 1 atom stereocenters. The standard InChI is InChI=1S/C23H18F2N2OS/c1-15(19-11-10-18(24)12-21(19)25)27-23(28)20-4-2-3-5-22(20)29-14-17-8-6-16(13-26)7-9-17/h2-12,15H,14H2,1H3,(H,27,28)/t15-/m0/s1. The highest BCUT2D eigenvalue weighted by Gasteiger charge is 2.17. The number of nitrogens with one attached hydrogen (secondary N) is 1. The van der Waals surface area contributed by atoms with Crippen LogP contribution in [0, 0.1) is 23.0 Å². The monoisotopic (exact) mass is 408 g/mol. The Hall–Kier alpha value is -3.17. The third kappa shape index (κ3) is 5.21. The zero-order valence-corrected chi connectivity index (χ0v) is 16.5. The van der Waals surface area contributed by atoms with Gasteiger partial charge < -0.3 is 5.32 Å². The van der Waals surface area contributed by atoms with Crippen molar-refractivity contribution in [3.05, 3.63) is 101 Å². The molecule has 3 rings (SSSR count). The van der Waals surface area contributed by atoms with Crippen LogP contribution in [0.2, 0.25) is 0 Å². The van der Waals surface area contributed by atoms with Crippen molar-refractivity contribution < 1.29 is 13.6 Å². The molecule has 0 fully saturated rings. The molecule has 0 saturated heterocycles. The van der Waals surface area contributed by atoms with Crippen LogP contribution in [0.1, 0.15) is 40.0 Å². The van der Waals surface area contributed by atoms with Crippen molar-refractivity contribution in [1.29, 1.82) is 5.26 Å². The van der Waals surface area contributed by atoms with E-state index < -0.39 is 17.7 Å². The van der Waals surface area contributed by atoms with Gasteiger partial charge in [0.15, 0.2) is 0 Å². The molecule has 146 valence electrons. The topological polar surface area (TPSA) is 52.9 Å². The molecule has 3 nitrogen and oxygen atoms in total. The van der Waals surface area contributed by atoms with Gasteiger partial charge in [-0.3, -0.25) is 4.79 Å². The molecule has 3 aromatic carbocycles. The van der Waals surface area contributed by atoms with E-state index in [1.54, 1.807) is 31.2 Å². The van der Waals surface area contributed by atoms with Gasteiger partial charge in [-0.2, -0.15) is 5.26 Å². The predicted molar refractivity (Wildman–Crippen MR) is 109 cm³/mol. The molecular formula is C23H18F2N2OS. The number of hydrogen-bond acceptors (Lipinski definition) is 3. The lowest BCUT2D eigenvalue weighted by Crippen LogP contribution is -2.27. The van der Waals surface area contributed by atoms with E-state index in [1.165, 1.54) is 23.9 Å². The fraction of sp³-hybridized carbons (Fsp3) is 0.130. The van der Waals surface area contributed by atoms with E-state index >= 15 is 0 Å². The van der Waals surface area contributed by atoms with Crippen LogP contribution < -0.4 is 5.32 Å². The van der Waals surface area contributed by atoms with E-state index in [0.29, 0.717) is 16.9 Å². The van der Waals surface area contributed by atoms with Crippen molar-refractivity contribution in [2.24, 2.45) is 0 Å². The summed E-state index contributed by atoms with van der Waals surface area (Å²) in [6, 6.07) is 19.2. The average molecular weight is 408 g/mol. The molecule has 6 heteroatoms. The number of amides is 1. The first-order valence-electron chi connectivity index (χ1n) is 8.94. The van der Waals surface area contributed by atoms with Crippen LogP contribution in [-0.2, 0) is 5.75 Å². The van der Waals surface area contributed by atoms with Gasteiger partial charge in [0.2, 0.25) is 0 Å². The Kier molecular flexibility index (Phi) is 6.63. The first kappa shape index (κ1) is 20.6. The summed E-state index contributed by atoms with van der Waals surface area (Å²) >= 11 is 1.50. The van der Waals surface area contributed by atoms with Gasteiger partial charge in [0.25, 0.3) is 5.91 Å². The molecule has 0 aromatic heterocycles. The maximum Gasteiger partial charge on any atom is 0.252 e. The molecule has 0 radical (unpaired) electrons. The predicted octanol–water partition coefficient (Wildman–Crippen LogP) is 5.62. The zero-order chi connectivity index (χ0) is 20.8. The fourth-order valence-corrected chi connectivity index (χ4v) is 3.83. The lowest BCUT2D eigenvalue weighted by molar-refractivity contribution is 0.0936. The minimum Gasteiger partial charge on any atom is -0.345 e. The first-order valence-corrected chi connectivity index (χ1v) is 9.93. The Balaban J connectivity index is 1.71. The van der Waals surface area contributed by atoms with E-state index in [9.17, 15) is 13.6 Å². The Labute approximate surface area is 172 Å². The van der Waals surface area contributed by atoms with E-state index in [-0.39, 0.29) is 11.5 Å². The number of hydrogen-bond donors (Lipinski definition) is 1. The maximum absolute atomic E-state index is 14.0. The largest absolute Gasteiger partial charge is 0.345 e. The summed E-state index contributed by atoms with van der Waals surface area (Å²) in [5.41, 5.74) is 2.34. The first-order chi connectivity index (χ1) is 14.0. The SMILES string of the molecule is C[C@H](NC(=O)c1ccccc1SCc1ccc(C#N)cc1)c1ccc(F)cc1F. The van der Waals surface area contributed by atoms with Gasteiger partial charge in [-0.15, -0.1) is 11.8 Å². The second-order valence-electron chi connectivity index (χ2n) is 6.45. The van der Waals surface area contributed by atoms with Gasteiger partial charge in [0.1, 0.15) is 11.6 Å². The summed E-state index contributed by atoms with van der Waals surface area (Å²) in [6.07, 6.45) is 0. The van der Waals surface area contributed by atoms with E-state index in [1.807, 2.05) is 24.3 Å². The molecule has 0 heterocycles. The van der Waals surface area contributed by atoms with E-state index in [4.69, 9.17) is 5.26 Å². The van der Waals surface area contributed by atoms with Crippen LogP contribution in [0.4, 0.5) is 8.78 Å². The minimum atomic E-state index is -0.693. The highest BCUT2D eigenvalue weighted by molar-refractivity contribution is 7.98. The lowest BCUT2D eigenvalue weighted by Gasteiger charge is -2.16. The summed E-state index contributed by atoms with van der Waals surface area (Å²) in [6.45, 7) is 1.65. The van der Waals surface area contributed by atoms with Crippen LogP contribution in [0.3, 0.4) is 0 Å². The van der Waals surface area contributed by atoms with Gasteiger partial charge in [-0.05, 0) is 42.8 Å². The number of thioether (sulfide) groups is 1. The Morgan fingerprint density at radius 1 is 1.10 bits per heavy atom. The van der Waals surface area contributed by atoms with Crippen LogP contribution in [0.15, 0.2) is 71.6 Å². The molecular weight excluding hydrogens is 390 g/mol. The van der Waals surface area contributed by atoms with Crippen LogP contribution >= 0.6 is 11.8 Å². The van der Waals surface area contributed by atoms with Crippen molar-refractivity contribution in [2.75, 3.05) is 0 Å².